The molecule has 0 bridgehead atoms. The molecule has 1 aromatic carbocycles. The second-order valence-corrected chi connectivity index (χ2v) is 5.35. The molecule has 0 saturated heterocycles. The third-order valence-corrected chi connectivity index (χ3v) is 3.82. The number of hydrogen-bond donors (Lipinski definition) is 1. The topological polar surface area (TPSA) is 123 Å². The summed E-state index contributed by atoms with van der Waals surface area (Å²) in [7, 11) is 0. The van der Waals surface area contributed by atoms with Gasteiger partial charge in [0.15, 0.2) is 0 Å². The van der Waals surface area contributed by atoms with E-state index in [9.17, 15) is 14.4 Å². The molecule has 0 spiro atoms. The van der Waals surface area contributed by atoms with E-state index in [1.807, 2.05) is 12.1 Å². The molecule has 0 saturated carbocycles. The van der Waals surface area contributed by atoms with Gasteiger partial charge in [0.05, 0.1) is 35.9 Å². The first-order valence-electron chi connectivity index (χ1n) is 7.83. The average molecular weight is 339 g/mol. The van der Waals surface area contributed by atoms with Crippen molar-refractivity contribution in [2.24, 2.45) is 0 Å². The first-order chi connectivity index (χ1) is 12.0. The first-order valence-corrected chi connectivity index (χ1v) is 7.83. The summed E-state index contributed by atoms with van der Waals surface area (Å²) in [4.78, 5) is 40.8. The standard InChI is InChI=1S/C17H17N5O3/c1-2-22-16(24)13-6-5-12(11-14(13)20-17(22)25)15(23)21(9-3-7-18)10-4-8-19/h5-6,11H,2-4,9-10H2,1H3,(H,20,25). The van der Waals surface area contributed by atoms with Crippen LogP contribution in [-0.2, 0) is 6.54 Å². The Kier molecular flexibility index (Phi) is 5.70. The quantitative estimate of drug-likeness (QED) is 0.840. The molecule has 0 aliphatic carbocycles. The largest absolute Gasteiger partial charge is 0.337 e. The Morgan fingerprint density at radius 3 is 2.40 bits per heavy atom. The molecule has 8 heteroatoms. The number of aromatic amines is 1. The van der Waals surface area contributed by atoms with Crippen molar-refractivity contribution in [1.29, 1.82) is 10.5 Å². The summed E-state index contributed by atoms with van der Waals surface area (Å²) in [6, 6.07) is 8.40. The van der Waals surface area contributed by atoms with Crippen molar-refractivity contribution >= 4 is 16.8 Å². The Morgan fingerprint density at radius 1 is 1.20 bits per heavy atom. The number of nitrogens with zero attached hydrogens (tertiary/aromatic N) is 4. The Labute approximate surface area is 143 Å². The van der Waals surface area contributed by atoms with E-state index in [1.165, 1.54) is 23.1 Å². The van der Waals surface area contributed by atoms with E-state index in [2.05, 4.69) is 4.98 Å². The third kappa shape index (κ3) is 3.75. The van der Waals surface area contributed by atoms with E-state index < -0.39 is 11.2 Å². The number of rotatable bonds is 6. The molecule has 2 aromatic rings. The van der Waals surface area contributed by atoms with Crippen LogP contribution in [0.25, 0.3) is 10.9 Å². The molecule has 25 heavy (non-hydrogen) atoms. The number of fused-ring (bicyclic) bond motifs is 1. The summed E-state index contributed by atoms with van der Waals surface area (Å²) in [5.41, 5.74) is -0.375. The SMILES string of the molecule is CCn1c(=O)[nH]c2cc(C(=O)N(CCC#N)CCC#N)ccc2c1=O. The molecule has 2 rings (SSSR count). The molecule has 128 valence electrons. The molecule has 0 radical (unpaired) electrons. The van der Waals surface area contributed by atoms with Crippen molar-refractivity contribution in [3.63, 3.8) is 0 Å². The fourth-order valence-electron chi connectivity index (χ4n) is 2.54. The van der Waals surface area contributed by atoms with Gasteiger partial charge in [0.2, 0.25) is 0 Å². The zero-order chi connectivity index (χ0) is 18.4. The Morgan fingerprint density at radius 2 is 1.84 bits per heavy atom. The van der Waals surface area contributed by atoms with Crippen molar-refractivity contribution in [3.05, 3.63) is 44.6 Å². The average Bonchev–Trinajstić information content (AvgIpc) is 2.61. The summed E-state index contributed by atoms with van der Waals surface area (Å²) in [5.74, 6) is -0.354. The van der Waals surface area contributed by atoms with E-state index >= 15 is 0 Å². The summed E-state index contributed by atoms with van der Waals surface area (Å²) in [6.45, 7) is 2.37. The van der Waals surface area contributed by atoms with E-state index in [0.717, 1.165) is 4.57 Å². The highest BCUT2D eigenvalue weighted by Crippen LogP contribution is 2.12. The zero-order valence-electron chi connectivity index (χ0n) is 13.8. The second kappa shape index (κ2) is 7.93. The molecule has 0 unspecified atom stereocenters. The van der Waals surface area contributed by atoms with Crippen LogP contribution in [0.4, 0.5) is 0 Å². The molecular formula is C17H17N5O3. The van der Waals surface area contributed by atoms with Crippen molar-refractivity contribution in [1.82, 2.24) is 14.5 Å². The summed E-state index contributed by atoms with van der Waals surface area (Å²) >= 11 is 0. The third-order valence-electron chi connectivity index (χ3n) is 3.82. The van der Waals surface area contributed by atoms with Gasteiger partial charge in [-0.1, -0.05) is 0 Å². The maximum Gasteiger partial charge on any atom is 0.328 e. The Balaban J connectivity index is 2.45. The highest BCUT2D eigenvalue weighted by Gasteiger charge is 2.17. The number of aromatic nitrogens is 2. The summed E-state index contributed by atoms with van der Waals surface area (Å²) in [6.07, 6.45) is 0.311. The predicted octanol–water partition coefficient (Wildman–Crippen LogP) is 0.979. The van der Waals surface area contributed by atoms with Gasteiger partial charge in [-0.3, -0.25) is 14.2 Å². The van der Waals surface area contributed by atoms with Crippen molar-refractivity contribution in [2.75, 3.05) is 13.1 Å². The van der Waals surface area contributed by atoms with Gasteiger partial charge in [-0.2, -0.15) is 10.5 Å². The number of carbonyl (C=O) groups excluding carboxylic acids is 1. The number of amides is 1. The van der Waals surface area contributed by atoms with Gasteiger partial charge in [-0.15, -0.1) is 0 Å². The van der Waals surface area contributed by atoms with E-state index in [-0.39, 0.29) is 49.5 Å². The molecule has 8 nitrogen and oxygen atoms in total. The van der Waals surface area contributed by atoms with Crippen LogP contribution in [0.15, 0.2) is 27.8 Å². The normalized spacial score (nSPS) is 10.2. The highest BCUT2D eigenvalue weighted by molar-refractivity contribution is 5.97. The lowest BCUT2D eigenvalue weighted by Crippen LogP contribution is -2.35. The molecule has 1 amide bonds. The van der Waals surface area contributed by atoms with Crippen molar-refractivity contribution in [2.45, 2.75) is 26.3 Å². The van der Waals surface area contributed by atoms with Gasteiger partial charge in [-0.25, -0.2) is 4.79 Å². The maximum absolute atomic E-state index is 12.6. The number of H-pyrrole nitrogens is 1. The van der Waals surface area contributed by atoms with Crippen LogP contribution in [0, 0.1) is 22.7 Å². The minimum atomic E-state index is -0.532. The Bertz CT molecular complexity index is 972. The van der Waals surface area contributed by atoms with Gasteiger partial charge in [0, 0.05) is 25.2 Å². The van der Waals surface area contributed by atoms with Crippen LogP contribution in [-0.4, -0.2) is 33.4 Å². The minimum absolute atomic E-state index is 0.156. The maximum atomic E-state index is 12.6. The number of nitrogens with one attached hydrogen (secondary N) is 1. The first kappa shape index (κ1) is 18.0. The van der Waals surface area contributed by atoms with Crippen LogP contribution in [0.1, 0.15) is 30.1 Å². The van der Waals surface area contributed by atoms with Crippen LogP contribution < -0.4 is 11.2 Å². The van der Waals surface area contributed by atoms with Gasteiger partial charge in [0.1, 0.15) is 0 Å². The smallest absolute Gasteiger partial charge is 0.328 e. The molecular weight excluding hydrogens is 322 g/mol. The molecule has 0 atom stereocenters. The number of benzene rings is 1. The molecule has 1 aromatic heterocycles. The van der Waals surface area contributed by atoms with Crippen LogP contribution >= 0.6 is 0 Å². The fraction of sp³-hybridized carbons (Fsp3) is 0.353. The lowest BCUT2D eigenvalue weighted by Gasteiger charge is -2.20. The zero-order valence-corrected chi connectivity index (χ0v) is 13.8. The minimum Gasteiger partial charge on any atom is -0.337 e. The van der Waals surface area contributed by atoms with Crippen LogP contribution in [0.3, 0.4) is 0 Å². The van der Waals surface area contributed by atoms with Crippen LogP contribution in [0.2, 0.25) is 0 Å². The lowest BCUT2D eigenvalue weighted by molar-refractivity contribution is 0.0762. The predicted molar refractivity (Wildman–Crippen MR) is 90.9 cm³/mol. The lowest BCUT2D eigenvalue weighted by atomic mass is 10.1. The number of nitriles is 2. The van der Waals surface area contributed by atoms with Gasteiger partial charge < -0.3 is 9.88 Å². The fourth-order valence-corrected chi connectivity index (χ4v) is 2.54. The molecule has 0 aliphatic rings. The van der Waals surface area contributed by atoms with Crippen molar-refractivity contribution in [3.8, 4) is 12.1 Å². The van der Waals surface area contributed by atoms with E-state index in [0.29, 0.717) is 5.39 Å². The van der Waals surface area contributed by atoms with Crippen LogP contribution in [0.5, 0.6) is 0 Å². The van der Waals surface area contributed by atoms with E-state index in [1.54, 1.807) is 6.92 Å². The van der Waals surface area contributed by atoms with Crippen molar-refractivity contribution < 1.29 is 4.79 Å². The highest BCUT2D eigenvalue weighted by atomic mass is 16.2. The summed E-state index contributed by atoms with van der Waals surface area (Å²) in [5, 5.41) is 17.7. The summed E-state index contributed by atoms with van der Waals surface area (Å²) < 4.78 is 1.08. The number of hydrogen-bond acceptors (Lipinski definition) is 5. The van der Waals surface area contributed by atoms with Gasteiger partial charge in [-0.05, 0) is 25.1 Å². The molecule has 1 N–H and O–H groups in total. The van der Waals surface area contributed by atoms with Gasteiger partial charge in [0.25, 0.3) is 11.5 Å². The monoisotopic (exact) mass is 339 g/mol. The van der Waals surface area contributed by atoms with E-state index in [4.69, 9.17) is 10.5 Å². The molecule has 1 heterocycles. The Hall–Kier alpha value is -3.39. The second-order valence-electron chi connectivity index (χ2n) is 5.35. The molecule has 0 aliphatic heterocycles. The molecule has 0 fully saturated rings. The van der Waals surface area contributed by atoms with Gasteiger partial charge >= 0.3 is 5.69 Å². The number of carbonyl (C=O) groups is 1.